The number of carbonyl (C=O) groups excluding carboxylic acids is 1. The molecule has 0 radical (unpaired) electrons. The zero-order chi connectivity index (χ0) is 30.5. The molecule has 11 nitrogen and oxygen atoms in total. The lowest BCUT2D eigenvalue weighted by Crippen LogP contribution is -2.54. The molecular weight excluding hydrogens is 595 g/mol. The van der Waals surface area contributed by atoms with Crippen molar-refractivity contribution in [2.45, 2.75) is 38.8 Å². The molecule has 0 saturated carbocycles. The second kappa shape index (κ2) is 13.7. The largest absolute Gasteiger partial charge is 0.469 e. The van der Waals surface area contributed by atoms with Crippen molar-refractivity contribution in [2.75, 3.05) is 44.7 Å². The summed E-state index contributed by atoms with van der Waals surface area (Å²) in [5.74, 6) is 1.48. The standard InChI is InChI=1S/C30H34Cl2N6O5/c1-19-17-37(7-8-38(19)30(40)41)29-33-15-25(16-34-29)43-27-10-21(9-26(35-27)22-12-23(31)14-24(32)13-22)18-36-5-3-20(4-6-36)11-28(39)42-2/h9-10,12-16,19-20H,3-8,11,17-18H2,1-2H3,(H,40,41). The van der Waals surface area contributed by atoms with E-state index in [2.05, 4.69) is 14.9 Å². The quantitative estimate of drug-likeness (QED) is 0.315. The van der Waals surface area contributed by atoms with Crippen molar-refractivity contribution >= 4 is 41.2 Å². The molecule has 1 N–H and O–H groups in total. The number of piperidine rings is 1. The molecule has 0 spiro atoms. The number of esters is 1. The predicted molar refractivity (Wildman–Crippen MR) is 163 cm³/mol. The van der Waals surface area contributed by atoms with Gasteiger partial charge in [0.05, 0.1) is 25.2 Å². The number of aromatic nitrogens is 3. The summed E-state index contributed by atoms with van der Waals surface area (Å²) in [6, 6.07) is 9.03. The number of carboxylic acid groups (broad SMARTS) is 1. The summed E-state index contributed by atoms with van der Waals surface area (Å²) < 4.78 is 11.0. The molecule has 4 heterocycles. The first-order chi connectivity index (χ1) is 20.7. The Hall–Kier alpha value is -3.67. The first-order valence-electron chi connectivity index (χ1n) is 14.2. The summed E-state index contributed by atoms with van der Waals surface area (Å²) in [6.45, 7) is 5.68. The number of pyridine rings is 1. The van der Waals surface area contributed by atoms with Crippen LogP contribution >= 0.6 is 23.2 Å². The maximum absolute atomic E-state index is 11.7. The topological polar surface area (TPSA) is 121 Å². The Kier molecular flexibility index (Phi) is 9.84. The molecule has 1 unspecified atom stereocenters. The summed E-state index contributed by atoms with van der Waals surface area (Å²) in [5, 5.41) is 10.4. The molecule has 1 amide bonds. The van der Waals surface area contributed by atoms with E-state index in [1.165, 1.54) is 12.0 Å². The molecule has 228 valence electrons. The van der Waals surface area contributed by atoms with Crippen LogP contribution in [0, 0.1) is 5.92 Å². The van der Waals surface area contributed by atoms with Gasteiger partial charge in [0.15, 0.2) is 5.75 Å². The highest BCUT2D eigenvalue weighted by Crippen LogP contribution is 2.31. The predicted octanol–water partition coefficient (Wildman–Crippen LogP) is 5.60. The molecule has 1 atom stereocenters. The maximum Gasteiger partial charge on any atom is 0.407 e. The number of carbonyl (C=O) groups is 2. The number of hydrogen-bond acceptors (Lipinski definition) is 9. The Labute approximate surface area is 260 Å². The second-order valence-corrected chi connectivity index (χ2v) is 11.8. The number of methoxy groups -OCH3 is 1. The molecule has 2 fully saturated rings. The minimum absolute atomic E-state index is 0.161. The van der Waals surface area contributed by atoms with Gasteiger partial charge in [0.1, 0.15) is 0 Å². The van der Waals surface area contributed by atoms with Crippen molar-refractivity contribution in [3.05, 3.63) is 58.3 Å². The van der Waals surface area contributed by atoms with Gasteiger partial charge in [-0.15, -0.1) is 0 Å². The van der Waals surface area contributed by atoms with Crippen LogP contribution in [0.2, 0.25) is 10.0 Å². The first-order valence-corrected chi connectivity index (χ1v) is 14.9. The van der Waals surface area contributed by atoms with E-state index in [4.69, 9.17) is 37.7 Å². The third-order valence-electron chi connectivity index (χ3n) is 7.81. The van der Waals surface area contributed by atoms with Gasteiger partial charge in [-0.2, -0.15) is 0 Å². The number of amides is 1. The van der Waals surface area contributed by atoms with Crippen molar-refractivity contribution in [2.24, 2.45) is 5.92 Å². The van der Waals surface area contributed by atoms with Gasteiger partial charge < -0.3 is 24.4 Å². The highest BCUT2D eigenvalue weighted by molar-refractivity contribution is 6.35. The normalized spacial score (nSPS) is 18.0. The smallest absolute Gasteiger partial charge is 0.407 e. The fraction of sp³-hybridized carbons (Fsp3) is 0.433. The molecule has 1 aromatic carbocycles. The lowest BCUT2D eigenvalue weighted by molar-refractivity contribution is -0.142. The van der Waals surface area contributed by atoms with Crippen LogP contribution in [-0.2, 0) is 16.1 Å². The van der Waals surface area contributed by atoms with Crippen molar-refractivity contribution in [3.63, 3.8) is 0 Å². The van der Waals surface area contributed by atoms with Crippen LogP contribution in [0.3, 0.4) is 0 Å². The van der Waals surface area contributed by atoms with Gasteiger partial charge in [0, 0.05) is 60.3 Å². The van der Waals surface area contributed by atoms with E-state index in [0.717, 1.165) is 37.1 Å². The number of rotatable bonds is 8. The zero-order valence-corrected chi connectivity index (χ0v) is 25.6. The molecule has 5 rings (SSSR count). The Morgan fingerprint density at radius 2 is 1.70 bits per heavy atom. The fourth-order valence-corrected chi connectivity index (χ4v) is 6.07. The molecular formula is C30H34Cl2N6O5. The third kappa shape index (κ3) is 8.04. The number of piperazine rings is 1. The monoisotopic (exact) mass is 628 g/mol. The highest BCUT2D eigenvalue weighted by atomic mass is 35.5. The van der Waals surface area contributed by atoms with Gasteiger partial charge in [-0.25, -0.2) is 19.7 Å². The van der Waals surface area contributed by atoms with Crippen LogP contribution in [0.1, 0.15) is 31.7 Å². The highest BCUT2D eigenvalue weighted by Gasteiger charge is 2.28. The molecule has 0 aliphatic carbocycles. The molecule has 2 aliphatic heterocycles. The van der Waals surface area contributed by atoms with Gasteiger partial charge >= 0.3 is 12.1 Å². The van der Waals surface area contributed by atoms with E-state index in [-0.39, 0.29) is 12.0 Å². The summed E-state index contributed by atoms with van der Waals surface area (Å²) in [7, 11) is 1.43. The summed E-state index contributed by atoms with van der Waals surface area (Å²) in [5.41, 5.74) is 2.44. The SMILES string of the molecule is COC(=O)CC1CCN(Cc2cc(Oc3cnc(N4CCN(C(=O)O)C(C)C4)nc3)nc(-c3cc(Cl)cc(Cl)c3)c2)CC1. The molecule has 2 aliphatic rings. The second-order valence-electron chi connectivity index (χ2n) is 10.9. The zero-order valence-electron chi connectivity index (χ0n) is 24.1. The van der Waals surface area contributed by atoms with Gasteiger partial charge in [0.25, 0.3) is 0 Å². The van der Waals surface area contributed by atoms with Crippen molar-refractivity contribution in [1.29, 1.82) is 0 Å². The molecule has 13 heteroatoms. The molecule has 2 aromatic heterocycles. The average molecular weight is 630 g/mol. The first kappa shape index (κ1) is 30.8. The van der Waals surface area contributed by atoms with E-state index < -0.39 is 6.09 Å². The van der Waals surface area contributed by atoms with Crippen LogP contribution in [0.25, 0.3) is 11.3 Å². The minimum atomic E-state index is -0.922. The van der Waals surface area contributed by atoms with Crippen LogP contribution in [-0.4, -0.2) is 87.8 Å². The van der Waals surface area contributed by atoms with Crippen LogP contribution < -0.4 is 9.64 Å². The van der Waals surface area contributed by atoms with Gasteiger partial charge in [-0.05, 0) is 68.6 Å². The molecule has 43 heavy (non-hydrogen) atoms. The number of likely N-dealkylation sites (tertiary alicyclic amines) is 1. The number of halogens is 2. The number of hydrogen-bond donors (Lipinski definition) is 1. The Balaban J connectivity index is 1.32. The van der Waals surface area contributed by atoms with Crippen LogP contribution in [0.4, 0.5) is 10.7 Å². The molecule has 2 saturated heterocycles. The fourth-order valence-electron chi connectivity index (χ4n) is 5.55. The van der Waals surface area contributed by atoms with Crippen LogP contribution in [0.5, 0.6) is 11.6 Å². The maximum atomic E-state index is 11.7. The summed E-state index contributed by atoms with van der Waals surface area (Å²) in [6.07, 6.45) is 4.56. The lowest BCUT2D eigenvalue weighted by atomic mass is 9.93. The number of benzene rings is 1. The van der Waals surface area contributed by atoms with E-state index in [1.807, 2.05) is 36.1 Å². The van der Waals surface area contributed by atoms with Crippen molar-refractivity contribution in [1.82, 2.24) is 24.8 Å². The number of nitrogens with zero attached hydrogens (tertiary/aromatic N) is 6. The molecule has 3 aromatic rings. The Morgan fingerprint density at radius 1 is 1.00 bits per heavy atom. The van der Waals surface area contributed by atoms with Crippen LogP contribution in [0.15, 0.2) is 42.7 Å². The van der Waals surface area contributed by atoms with Gasteiger partial charge in [-0.3, -0.25) is 9.69 Å². The third-order valence-corrected chi connectivity index (χ3v) is 8.25. The van der Waals surface area contributed by atoms with E-state index in [0.29, 0.717) is 71.8 Å². The van der Waals surface area contributed by atoms with E-state index in [9.17, 15) is 14.7 Å². The van der Waals surface area contributed by atoms with Crippen molar-refractivity contribution in [3.8, 4) is 22.9 Å². The average Bonchev–Trinajstić information content (AvgIpc) is 2.97. The van der Waals surface area contributed by atoms with Gasteiger partial charge in [0.2, 0.25) is 11.8 Å². The minimum Gasteiger partial charge on any atom is -0.469 e. The summed E-state index contributed by atoms with van der Waals surface area (Å²) in [4.78, 5) is 42.5. The summed E-state index contributed by atoms with van der Waals surface area (Å²) >= 11 is 12.6. The Bertz CT molecular complexity index is 1430. The lowest BCUT2D eigenvalue weighted by Gasteiger charge is -2.38. The Morgan fingerprint density at radius 3 is 2.33 bits per heavy atom. The molecule has 0 bridgehead atoms. The van der Waals surface area contributed by atoms with E-state index >= 15 is 0 Å². The van der Waals surface area contributed by atoms with Crippen molar-refractivity contribution < 1.29 is 24.2 Å². The van der Waals surface area contributed by atoms with E-state index in [1.54, 1.807) is 18.5 Å². The number of ether oxygens (including phenoxy) is 2. The van der Waals surface area contributed by atoms with Gasteiger partial charge in [-0.1, -0.05) is 23.2 Å². The number of anilines is 1.